The molecule has 0 spiro atoms. The molecule has 0 saturated carbocycles. The number of rotatable bonds is 6. The van der Waals surface area contributed by atoms with Crippen LogP contribution in [0.1, 0.15) is 32.8 Å². The molecule has 0 aliphatic rings. The van der Waals surface area contributed by atoms with Crippen molar-refractivity contribution in [1.82, 2.24) is 5.32 Å². The molecular weight excluding hydrogens is 237 g/mol. The van der Waals surface area contributed by atoms with Gasteiger partial charge in [-0.05, 0) is 30.5 Å². The van der Waals surface area contributed by atoms with Gasteiger partial charge in [-0.25, -0.2) is 4.39 Å². The molecule has 17 heavy (non-hydrogen) atoms. The Morgan fingerprint density at radius 2 is 2.06 bits per heavy atom. The van der Waals surface area contributed by atoms with Gasteiger partial charge in [-0.15, -0.1) is 0 Å². The molecule has 0 fully saturated rings. The third-order valence-electron chi connectivity index (χ3n) is 3.27. The Hall–Kier alpha value is -0.600. The second kappa shape index (κ2) is 6.97. The molecule has 0 saturated heterocycles. The van der Waals surface area contributed by atoms with Crippen LogP contribution in [0.2, 0.25) is 5.02 Å². The third-order valence-corrected chi connectivity index (χ3v) is 3.69. The smallest absolute Gasteiger partial charge is 0.142 e. The molecule has 0 aliphatic carbocycles. The summed E-state index contributed by atoms with van der Waals surface area (Å²) in [5, 5.41) is 3.71. The van der Waals surface area contributed by atoms with E-state index in [0.717, 1.165) is 24.9 Å². The first kappa shape index (κ1) is 14.5. The lowest BCUT2D eigenvalue weighted by molar-refractivity contribution is 0.370. The summed E-state index contributed by atoms with van der Waals surface area (Å²) in [6.45, 7) is 7.38. The van der Waals surface area contributed by atoms with E-state index in [4.69, 9.17) is 11.6 Å². The average molecular weight is 258 g/mol. The van der Waals surface area contributed by atoms with E-state index >= 15 is 0 Å². The molecule has 1 N–H and O–H groups in total. The maximum atomic E-state index is 13.3. The van der Waals surface area contributed by atoms with E-state index in [9.17, 15) is 4.39 Å². The van der Waals surface area contributed by atoms with Crippen LogP contribution >= 0.6 is 11.6 Å². The number of hydrogen-bond acceptors (Lipinski definition) is 1. The van der Waals surface area contributed by atoms with Gasteiger partial charge in [0, 0.05) is 6.04 Å². The van der Waals surface area contributed by atoms with Crippen LogP contribution in [-0.2, 0) is 6.42 Å². The van der Waals surface area contributed by atoms with Crippen molar-refractivity contribution in [3.8, 4) is 0 Å². The predicted octanol–water partition coefficient (Wildman–Crippen LogP) is 4.05. The van der Waals surface area contributed by atoms with Gasteiger partial charge in [0.15, 0.2) is 0 Å². The van der Waals surface area contributed by atoms with E-state index in [-0.39, 0.29) is 10.8 Å². The first-order valence-electron chi connectivity index (χ1n) is 6.26. The number of hydrogen-bond donors (Lipinski definition) is 1. The Bertz CT molecular complexity index is 354. The first-order chi connectivity index (χ1) is 8.10. The number of benzene rings is 1. The minimum atomic E-state index is -0.330. The second-order valence-corrected chi connectivity index (χ2v) is 4.84. The molecule has 3 heteroatoms. The van der Waals surface area contributed by atoms with Crippen LogP contribution in [0.15, 0.2) is 18.2 Å². The highest BCUT2D eigenvalue weighted by atomic mass is 35.5. The van der Waals surface area contributed by atoms with Gasteiger partial charge in [0.2, 0.25) is 0 Å². The van der Waals surface area contributed by atoms with Gasteiger partial charge in [-0.3, -0.25) is 0 Å². The Balaban J connectivity index is 2.82. The molecule has 0 heterocycles. The van der Waals surface area contributed by atoms with Crippen molar-refractivity contribution < 1.29 is 4.39 Å². The van der Waals surface area contributed by atoms with E-state index in [2.05, 4.69) is 26.1 Å². The van der Waals surface area contributed by atoms with Gasteiger partial charge < -0.3 is 5.32 Å². The maximum absolute atomic E-state index is 13.3. The maximum Gasteiger partial charge on any atom is 0.142 e. The summed E-state index contributed by atoms with van der Waals surface area (Å²) in [6, 6.07) is 5.37. The lowest BCUT2D eigenvalue weighted by Gasteiger charge is -2.24. The summed E-state index contributed by atoms with van der Waals surface area (Å²) >= 11 is 5.98. The second-order valence-electron chi connectivity index (χ2n) is 4.47. The van der Waals surface area contributed by atoms with E-state index in [0.29, 0.717) is 12.0 Å². The average Bonchev–Trinajstić information content (AvgIpc) is 2.33. The number of likely N-dealkylation sites (N-methyl/N-ethyl adjacent to an activating group) is 1. The van der Waals surface area contributed by atoms with Gasteiger partial charge in [-0.2, -0.15) is 0 Å². The van der Waals surface area contributed by atoms with Gasteiger partial charge in [0.25, 0.3) is 0 Å². The lowest BCUT2D eigenvalue weighted by atomic mass is 9.93. The standard InChI is InChI=1S/C14H21ClFN/c1-4-10(3)13(17-5-2)9-11-7-6-8-12(16)14(11)15/h6-8,10,13,17H,4-5,9H2,1-3H3. The molecule has 1 nitrogen and oxygen atoms in total. The Morgan fingerprint density at radius 1 is 1.35 bits per heavy atom. The lowest BCUT2D eigenvalue weighted by Crippen LogP contribution is -2.36. The summed E-state index contributed by atoms with van der Waals surface area (Å²) in [6.07, 6.45) is 1.88. The van der Waals surface area contributed by atoms with Crippen molar-refractivity contribution in [1.29, 1.82) is 0 Å². The summed E-state index contributed by atoms with van der Waals surface area (Å²) in [5.74, 6) is 0.220. The molecule has 2 atom stereocenters. The normalized spacial score (nSPS) is 14.6. The molecule has 0 bridgehead atoms. The highest BCUT2D eigenvalue weighted by Crippen LogP contribution is 2.23. The predicted molar refractivity (Wildman–Crippen MR) is 72.0 cm³/mol. The van der Waals surface area contributed by atoms with Crippen LogP contribution in [0.5, 0.6) is 0 Å². The van der Waals surface area contributed by atoms with Crippen LogP contribution in [-0.4, -0.2) is 12.6 Å². The molecule has 96 valence electrons. The van der Waals surface area contributed by atoms with Gasteiger partial charge in [0.1, 0.15) is 5.82 Å². The quantitative estimate of drug-likeness (QED) is 0.811. The van der Waals surface area contributed by atoms with Crippen molar-refractivity contribution in [3.05, 3.63) is 34.6 Å². The van der Waals surface area contributed by atoms with Crippen LogP contribution in [0.3, 0.4) is 0 Å². The van der Waals surface area contributed by atoms with Crippen LogP contribution in [0.25, 0.3) is 0 Å². The summed E-state index contributed by atoms with van der Waals surface area (Å²) in [5.41, 5.74) is 0.887. The van der Waals surface area contributed by atoms with Crippen molar-refractivity contribution in [2.75, 3.05) is 6.54 Å². The minimum absolute atomic E-state index is 0.263. The zero-order chi connectivity index (χ0) is 12.8. The molecule has 0 radical (unpaired) electrons. The molecule has 1 aromatic carbocycles. The SMILES string of the molecule is CCNC(Cc1cccc(F)c1Cl)C(C)CC. The fourth-order valence-electron chi connectivity index (χ4n) is 1.96. The minimum Gasteiger partial charge on any atom is -0.314 e. The van der Waals surface area contributed by atoms with Crippen molar-refractivity contribution >= 4 is 11.6 Å². The Labute approximate surface area is 108 Å². The van der Waals surface area contributed by atoms with Gasteiger partial charge in [-0.1, -0.05) is 50.9 Å². The molecule has 1 rings (SSSR count). The van der Waals surface area contributed by atoms with Crippen molar-refractivity contribution in [2.24, 2.45) is 5.92 Å². The number of halogens is 2. The molecule has 0 amide bonds. The third kappa shape index (κ3) is 3.97. The van der Waals surface area contributed by atoms with Gasteiger partial charge >= 0.3 is 0 Å². The van der Waals surface area contributed by atoms with Gasteiger partial charge in [0.05, 0.1) is 5.02 Å². The zero-order valence-corrected chi connectivity index (χ0v) is 11.5. The van der Waals surface area contributed by atoms with Crippen molar-refractivity contribution in [3.63, 3.8) is 0 Å². The summed E-state index contributed by atoms with van der Waals surface area (Å²) < 4.78 is 13.3. The molecule has 1 aromatic rings. The van der Waals surface area contributed by atoms with Crippen molar-refractivity contribution in [2.45, 2.75) is 39.7 Å². The number of nitrogens with one attached hydrogen (secondary N) is 1. The van der Waals surface area contributed by atoms with E-state index in [1.807, 2.05) is 6.07 Å². The zero-order valence-electron chi connectivity index (χ0n) is 10.8. The van der Waals surface area contributed by atoms with Crippen LogP contribution < -0.4 is 5.32 Å². The first-order valence-corrected chi connectivity index (χ1v) is 6.64. The van der Waals surface area contributed by atoms with Crippen LogP contribution in [0.4, 0.5) is 4.39 Å². The molecule has 2 unspecified atom stereocenters. The van der Waals surface area contributed by atoms with Crippen LogP contribution in [0, 0.1) is 11.7 Å². The largest absolute Gasteiger partial charge is 0.314 e. The Morgan fingerprint density at radius 3 is 2.65 bits per heavy atom. The molecule has 0 aromatic heterocycles. The van der Waals surface area contributed by atoms with E-state index in [1.165, 1.54) is 6.07 Å². The molecule has 0 aliphatic heterocycles. The van der Waals surface area contributed by atoms with E-state index in [1.54, 1.807) is 6.07 Å². The monoisotopic (exact) mass is 257 g/mol. The fraction of sp³-hybridized carbons (Fsp3) is 0.571. The highest BCUT2D eigenvalue weighted by molar-refractivity contribution is 6.31. The fourth-order valence-corrected chi connectivity index (χ4v) is 2.17. The topological polar surface area (TPSA) is 12.0 Å². The van der Waals surface area contributed by atoms with E-state index < -0.39 is 0 Å². The summed E-state index contributed by atoms with van der Waals surface area (Å²) in [7, 11) is 0. The Kier molecular flexibility index (Phi) is 5.93. The summed E-state index contributed by atoms with van der Waals surface area (Å²) in [4.78, 5) is 0. The molecular formula is C14H21ClFN. The highest BCUT2D eigenvalue weighted by Gasteiger charge is 2.17.